The number of hydrogen-bond donors (Lipinski definition) is 1. The number of aromatic nitrogens is 2. The minimum atomic E-state index is 0.990. The average Bonchev–Trinajstić information content (AvgIpc) is 2.82. The van der Waals surface area contributed by atoms with Gasteiger partial charge in [0.15, 0.2) is 0 Å². The number of imidazole rings is 1. The van der Waals surface area contributed by atoms with Crippen LogP contribution in [0.2, 0.25) is 0 Å². The smallest absolute Gasteiger partial charge is 0.138 e. The maximum absolute atomic E-state index is 4.63. The first kappa shape index (κ1) is 10.3. The van der Waals surface area contributed by atoms with Crippen molar-refractivity contribution in [1.29, 1.82) is 0 Å². The van der Waals surface area contributed by atoms with E-state index < -0.39 is 0 Å². The summed E-state index contributed by atoms with van der Waals surface area (Å²) in [5, 5.41) is 0. The van der Waals surface area contributed by atoms with Gasteiger partial charge in [-0.25, -0.2) is 4.98 Å². The van der Waals surface area contributed by atoms with Gasteiger partial charge in [0.1, 0.15) is 5.82 Å². The highest BCUT2D eigenvalue weighted by Gasteiger charge is 2.11. The zero-order valence-electron chi connectivity index (χ0n) is 10.0. The summed E-state index contributed by atoms with van der Waals surface area (Å²) >= 11 is 0. The molecule has 0 unspecified atom stereocenters. The van der Waals surface area contributed by atoms with E-state index in [1.54, 1.807) is 0 Å². The zero-order chi connectivity index (χ0) is 11.7. The first-order valence-corrected chi connectivity index (χ1v) is 6.21. The van der Waals surface area contributed by atoms with Gasteiger partial charge in [0.2, 0.25) is 0 Å². The second-order valence-electron chi connectivity index (χ2n) is 4.44. The normalized spacial score (nSPS) is 13.7. The summed E-state index contributed by atoms with van der Waals surface area (Å²) in [6.07, 6.45) is 7.57. The predicted molar refractivity (Wildman–Crippen MR) is 70.8 cm³/mol. The summed E-state index contributed by atoms with van der Waals surface area (Å²) in [6.45, 7) is 2.17. The van der Waals surface area contributed by atoms with Crippen molar-refractivity contribution < 1.29 is 0 Å². The van der Waals surface area contributed by atoms with Gasteiger partial charge in [-0.3, -0.25) is 0 Å². The molecule has 17 heavy (non-hydrogen) atoms. The fraction of sp³-hybridized carbons (Fsp3) is 0.267. The SMILES string of the molecule is CCc1ccc(-c2nc3c([nH]2)CCC=C3)cc1. The second kappa shape index (κ2) is 4.21. The largest absolute Gasteiger partial charge is 0.341 e. The van der Waals surface area contributed by atoms with Crippen molar-refractivity contribution in [3.63, 3.8) is 0 Å². The van der Waals surface area contributed by atoms with Gasteiger partial charge in [-0.2, -0.15) is 0 Å². The van der Waals surface area contributed by atoms with Crippen molar-refractivity contribution in [3.8, 4) is 11.4 Å². The van der Waals surface area contributed by atoms with Gasteiger partial charge in [-0.05, 0) is 30.9 Å². The van der Waals surface area contributed by atoms with E-state index in [1.165, 1.54) is 16.8 Å². The lowest BCUT2D eigenvalue weighted by atomic mass is 10.1. The molecule has 0 aliphatic heterocycles. The molecule has 3 rings (SSSR count). The van der Waals surface area contributed by atoms with Crippen LogP contribution in [-0.4, -0.2) is 9.97 Å². The van der Waals surface area contributed by atoms with Crippen LogP contribution in [0, 0.1) is 0 Å². The Balaban J connectivity index is 1.97. The molecular formula is C15H16N2. The van der Waals surface area contributed by atoms with Crippen LogP contribution >= 0.6 is 0 Å². The number of H-pyrrole nitrogens is 1. The van der Waals surface area contributed by atoms with Crippen molar-refractivity contribution in [2.75, 3.05) is 0 Å². The molecule has 1 aliphatic rings. The van der Waals surface area contributed by atoms with Gasteiger partial charge in [0, 0.05) is 11.3 Å². The minimum Gasteiger partial charge on any atom is -0.341 e. The maximum atomic E-state index is 4.63. The molecule has 0 bridgehead atoms. The molecule has 1 aliphatic carbocycles. The lowest BCUT2D eigenvalue weighted by molar-refractivity contribution is 0.944. The summed E-state index contributed by atoms with van der Waals surface area (Å²) in [7, 11) is 0. The number of rotatable bonds is 2. The molecule has 2 aromatic rings. The molecule has 0 saturated heterocycles. The molecule has 0 saturated carbocycles. The number of aryl methyl sites for hydroxylation is 2. The van der Waals surface area contributed by atoms with E-state index in [-0.39, 0.29) is 0 Å². The van der Waals surface area contributed by atoms with Crippen molar-refractivity contribution in [3.05, 3.63) is 47.3 Å². The highest BCUT2D eigenvalue weighted by Crippen LogP contribution is 2.23. The van der Waals surface area contributed by atoms with Crippen molar-refractivity contribution >= 4 is 6.08 Å². The van der Waals surface area contributed by atoms with Crippen LogP contribution in [0.5, 0.6) is 0 Å². The van der Waals surface area contributed by atoms with Crippen LogP contribution in [0.4, 0.5) is 0 Å². The van der Waals surface area contributed by atoms with Crippen LogP contribution in [-0.2, 0) is 12.8 Å². The molecule has 0 fully saturated rings. The quantitative estimate of drug-likeness (QED) is 0.829. The highest BCUT2D eigenvalue weighted by atomic mass is 14.9. The number of nitrogens with one attached hydrogen (secondary N) is 1. The van der Waals surface area contributed by atoms with E-state index in [1.807, 2.05) is 0 Å². The van der Waals surface area contributed by atoms with E-state index in [4.69, 9.17) is 0 Å². The molecule has 0 amide bonds. The molecule has 2 nitrogen and oxygen atoms in total. The van der Waals surface area contributed by atoms with Crippen LogP contribution in [0.3, 0.4) is 0 Å². The lowest BCUT2D eigenvalue weighted by Gasteiger charge is -2.00. The molecule has 0 spiro atoms. The van der Waals surface area contributed by atoms with E-state index in [0.29, 0.717) is 0 Å². The van der Waals surface area contributed by atoms with Crippen LogP contribution in [0.25, 0.3) is 17.5 Å². The van der Waals surface area contributed by atoms with Gasteiger partial charge in [-0.1, -0.05) is 37.3 Å². The molecule has 1 aromatic carbocycles. The number of nitrogens with zero attached hydrogens (tertiary/aromatic N) is 1. The molecular weight excluding hydrogens is 208 g/mol. The molecule has 86 valence electrons. The third kappa shape index (κ3) is 1.91. The highest BCUT2D eigenvalue weighted by molar-refractivity contribution is 5.61. The Morgan fingerprint density at radius 3 is 2.76 bits per heavy atom. The van der Waals surface area contributed by atoms with Gasteiger partial charge >= 0.3 is 0 Å². The van der Waals surface area contributed by atoms with E-state index >= 15 is 0 Å². The summed E-state index contributed by atoms with van der Waals surface area (Å²) in [5.74, 6) is 0.990. The van der Waals surface area contributed by atoms with Gasteiger partial charge < -0.3 is 4.98 Å². The average molecular weight is 224 g/mol. The van der Waals surface area contributed by atoms with Gasteiger partial charge in [0.25, 0.3) is 0 Å². The van der Waals surface area contributed by atoms with Gasteiger partial charge in [-0.15, -0.1) is 0 Å². The Bertz CT molecular complexity index is 547. The molecule has 0 radical (unpaired) electrons. The summed E-state index contributed by atoms with van der Waals surface area (Å²) in [6, 6.07) is 8.64. The standard InChI is InChI=1S/C15H16N2/c1-2-11-7-9-12(10-8-11)15-16-13-5-3-4-6-14(13)17-15/h3,5,7-10H,2,4,6H2,1H3,(H,16,17). The van der Waals surface area contributed by atoms with E-state index in [0.717, 1.165) is 30.8 Å². The lowest BCUT2D eigenvalue weighted by Crippen LogP contribution is -1.91. The van der Waals surface area contributed by atoms with Crippen LogP contribution in [0.1, 0.15) is 30.3 Å². The Morgan fingerprint density at radius 1 is 1.24 bits per heavy atom. The van der Waals surface area contributed by atoms with Crippen molar-refractivity contribution in [1.82, 2.24) is 9.97 Å². The second-order valence-corrected chi connectivity index (χ2v) is 4.44. The molecule has 0 atom stereocenters. The van der Waals surface area contributed by atoms with Gasteiger partial charge in [0.05, 0.1) is 5.69 Å². The van der Waals surface area contributed by atoms with E-state index in [2.05, 4.69) is 53.3 Å². The van der Waals surface area contributed by atoms with Crippen LogP contribution < -0.4 is 0 Å². The summed E-state index contributed by atoms with van der Waals surface area (Å²) in [5.41, 5.74) is 4.91. The topological polar surface area (TPSA) is 28.7 Å². The fourth-order valence-electron chi connectivity index (χ4n) is 2.21. The maximum Gasteiger partial charge on any atom is 0.138 e. The summed E-state index contributed by atoms with van der Waals surface area (Å²) < 4.78 is 0. The Hall–Kier alpha value is -1.83. The number of benzene rings is 1. The summed E-state index contributed by atoms with van der Waals surface area (Å²) in [4.78, 5) is 8.06. The molecule has 2 heteroatoms. The van der Waals surface area contributed by atoms with E-state index in [9.17, 15) is 0 Å². The molecule has 1 heterocycles. The number of allylic oxidation sites excluding steroid dienone is 1. The fourth-order valence-corrected chi connectivity index (χ4v) is 2.21. The Kier molecular flexibility index (Phi) is 2.56. The first-order chi connectivity index (χ1) is 8.36. The first-order valence-electron chi connectivity index (χ1n) is 6.21. The monoisotopic (exact) mass is 224 g/mol. The molecule has 1 aromatic heterocycles. The van der Waals surface area contributed by atoms with Crippen LogP contribution in [0.15, 0.2) is 30.3 Å². The van der Waals surface area contributed by atoms with Crippen molar-refractivity contribution in [2.24, 2.45) is 0 Å². The van der Waals surface area contributed by atoms with Crippen molar-refractivity contribution in [2.45, 2.75) is 26.2 Å². The molecule has 1 N–H and O–H groups in total. The Morgan fingerprint density at radius 2 is 2.06 bits per heavy atom. The number of aromatic amines is 1. The number of fused-ring (bicyclic) bond motifs is 1. The minimum absolute atomic E-state index is 0.990. The number of hydrogen-bond acceptors (Lipinski definition) is 1. The Labute approximate surface area is 101 Å². The third-order valence-corrected chi connectivity index (χ3v) is 3.28. The zero-order valence-corrected chi connectivity index (χ0v) is 10.0. The third-order valence-electron chi connectivity index (χ3n) is 3.28. The predicted octanol–water partition coefficient (Wildman–Crippen LogP) is 3.60.